The van der Waals surface area contributed by atoms with Crippen LogP contribution < -0.4 is 5.73 Å². The number of aromatic nitrogens is 3. The van der Waals surface area contributed by atoms with Crippen LogP contribution in [0.5, 0.6) is 0 Å². The first-order chi connectivity index (χ1) is 6.20. The van der Waals surface area contributed by atoms with Crippen LogP contribution in [0.2, 0.25) is 5.15 Å². The molecule has 5 nitrogen and oxygen atoms in total. The molecule has 2 aromatic rings. The first-order valence-electron chi connectivity index (χ1n) is 3.47. The Kier molecular flexibility index (Phi) is 1.66. The zero-order chi connectivity index (χ0) is 9.42. The molecule has 2 aromatic heterocycles. The Balaban J connectivity index is 2.82. The molecule has 3 N–H and O–H groups in total. The number of carbonyl (C=O) groups is 1. The van der Waals surface area contributed by atoms with E-state index in [0.29, 0.717) is 23.0 Å². The number of halogens is 1. The summed E-state index contributed by atoms with van der Waals surface area (Å²) in [4.78, 5) is 20.8. The standard InChI is InChI=1S/C7H5ClN4O/c8-5-4-1-3(2-13)10-6(4)12-7(9)11-5/h1-2H,(H3,9,10,11,12). The summed E-state index contributed by atoms with van der Waals surface area (Å²) < 4.78 is 0. The SMILES string of the molecule is Nc1nc(Cl)c2cc(C=O)[nH]c2n1. The van der Waals surface area contributed by atoms with Gasteiger partial charge < -0.3 is 10.7 Å². The van der Waals surface area contributed by atoms with E-state index < -0.39 is 0 Å². The minimum atomic E-state index is 0.0804. The zero-order valence-electron chi connectivity index (χ0n) is 6.41. The fourth-order valence-electron chi connectivity index (χ4n) is 1.07. The van der Waals surface area contributed by atoms with Gasteiger partial charge in [0.1, 0.15) is 10.8 Å². The summed E-state index contributed by atoms with van der Waals surface area (Å²) in [7, 11) is 0. The van der Waals surface area contributed by atoms with E-state index in [0.717, 1.165) is 0 Å². The highest BCUT2D eigenvalue weighted by Crippen LogP contribution is 2.20. The fourth-order valence-corrected chi connectivity index (χ4v) is 1.30. The smallest absolute Gasteiger partial charge is 0.223 e. The van der Waals surface area contributed by atoms with E-state index in [-0.39, 0.29) is 11.1 Å². The van der Waals surface area contributed by atoms with Crippen molar-refractivity contribution in [1.29, 1.82) is 0 Å². The number of rotatable bonds is 1. The minimum absolute atomic E-state index is 0.0804. The molecule has 0 atom stereocenters. The molecule has 2 rings (SSSR count). The van der Waals surface area contributed by atoms with E-state index >= 15 is 0 Å². The zero-order valence-corrected chi connectivity index (χ0v) is 7.17. The topological polar surface area (TPSA) is 84.7 Å². The van der Waals surface area contributed by atoms with Crippen LogP contribution in [0.15, 0.2) is 6.07 Å². The van der Waals surface area contributed by atoms with Gasteiger partial charge in [0.25, 0.3) is 0 Å². The number of H-pyrrole nitrogens is 1. The van der Waals surface area contributed by atoms with Crippen LogP contribution in [0.1, 0.15) is 10.5 Å². The summed E-state index contributed by atoms with van der Waals surface area (Å²) in [6.45, 7) is 0. The molecule has 0 aliphatic heterocycles. The monoisotopic (exact) mass is 196 g/mol. The summed E-state index contributed by atoms with van der Waals surface area (Å²) in [6.07, 6.45) is 0.675. The summed E-state index contributed by atoms with van der Waals surface area (Å²) >= 11 is 5.77. The summed E-state index contributed by atoms with van der Waals surface area (Å²) in [5, 5.41) is 0.838. The van der Waals surface area contributed by atoms with Gasteiger partial charge in [-0.3, -0.25) is 4.79 Å². The summed E-state index contributed by atoms with van der Waals surface area (Å²) in [6, 6.07) is 1.57. The molecule has 0 aliphatic carbocycles. The van der Waals surface area contributed by atoms with E-state index in [4.69, 9.17) is 17.3 Å². The third kappa shape index (κ3) is 1.23. The molecule has 6 heteroatoms. The molecule has 66 valence electrons. The van der Waals surface area contributed by atoms with Gasteiger partial charge in [-0.05, 0) is 6.07 Å². The Morgan fingerprint density at radius 2 is 2.31 bits per heavy atom. The van der Waals surface area contributed by atoms with Crippen LogP contribution in [0.3, 0.4) is 0 Å². The van der Waals surface area contributed by atoms with Crippen molar-refractivity contribution < 1.29 is 4.79 Å². The number of aldehydes is 1. The van der Waals surface area contributed by atoms with Crippen molar-refractivity contribution in [3.05, 3.63) is 16.9 Å². The van der Waals surface area contributed by atoms with Crippen molar-refractivity contribution in [1.82, 2.24) is 15.0 Å². The molecule has 0 amide bonds. The van der Waals surface area contributed by atoms with Crippen molar-refractivity contribution in [3.63, 3.8) is 0 Å². The largest absolute Gasteiger partial charge is 0.368 e. The number of anilines is 1. The molecular formula is C7H5ClN4O. The van der Waals surface area contributed by atoms with E-state index in [1.807, 2.05) is 0 Å². The number of hydrogen-bond acceptors (Lipinski definition) is 4. The van der Waals surface area contributed by atoms with Gasteiger partial charge in [0.15, 0.2) is 6.29 Å². The highest BCUT2D eigenvalue weighted by Gasteiger charge is 2.07. The number of nitrogens with one attached hydrogen (secondary N) is 1. The van der Waals surface area contributed by atoms with Crippen molar-refractivity contribution in [2.24, 2.45) is 0 Å². The molecule has 0 bridgehead atoms. The second kappa shape index (κ2) is 2.70. The molecule has 0 aromatic carbocycles. The second-order valence-corrected chi connectivity index (χ2v) is 2.84. The number of aromatic amines is 1. The maximum atomic E-state index is 10.4. The Hall–Kier alpha value is -1.62. The molecule has 13 heavy (non-hydrogen) atoms. The number of nitrogen functional groups attached to an aromatic ring is 1. The van der Waals surface area contributed by atoms with Gasteiger partial charge in [-0.1, -0.05) is 11.6 Å². The van der Waals surface area contributed by atoms with E-state index in [1.165, 1.54) is 0 Å². The van der Waals surface area contributed by atoms with Crippen LogP contribution in [0, 0.1) is 0 Å². The van der Waals surface area contributed by atoms with Crippen LogP contribution in [-0.2, 0) is 0 Å². The van der Waals surface area contributed by atoms with Crippen LogP contribution in [0.25, 0.3) is 11.0 Å². The third-order valence-corrected chi connectivity index (χ3v) is 1.89. The van der Waals surface area contributed by atoms with E-state index in [9.17, 15) is 4.79 Å². The molecule has 2 heterocycles. The molecular weight excluding hydrogens is 192 g/mol. The van der Waals surface area contributed by atoms with Gasteiger partial charge in [0, 0.05) is 0 Å². The second-order valence-electron chi connectivity index (χ2n) is 2.48. The predicted octanol–water partition coefficient (Wildman–Crippen LogP) is 1.01. The Morgan fingerprint density at radius 3 is 3.00 bits per heavy atom. The first kappa shape index (κ1) is 8.00. The average molecular weight is 197 g/mol. The number of hydrogen-bond donors (Lipinski definition) is 2. The van der Waals surface area contributed by atoms with Gasteiger partial charge in [0.05, 0.1) is 11.1 Å². The summed E-state index contributed by atoms with van der Waals surface area (Å²) in [5.41, 5.74) is 6.23. The lowest BCUT2D eigenvalue weighted by molar-refractivity contribution is 0.112. The number of nitrogens with two attached hydrogens (primary N) is 1. The van der Waals surface area contributed by atoms with Gasteiger partial charge in [-0.25, -0.2) is 4.98 Å². The van der Waals surface area contributed by atoms with Gasteiger partial charge in [-0.15, -0.1) is 0 Å². The Labute approximate surface area is 77.9 Å². The van der Waals surface area contributed by atoms with Gasteiger partial charge in [-0.2, -0.15) is 4.98 Å². The number of carbonyl (C=O) groups excluding carboxylic acids is 1. The maximum absolute atomic E-state index is 10.4. The molecule has 0 aliphatic rings. The Bertz CT molecular complexity index is 479. The highest BCUT2D eigenvalue weighted by molar-refractivity contribution is 6.34. The molecule has 0 spiro atoms. The van der Waals surface area contributed by atoms with E-state index in [1.54, 1.807) is 6.07 Å². The molecule has 0 radical (unpaired) electrons. The van der Waals surface area contributed by atoms with Crippen molar-refractivity contribution in [3.8, 4) is 0 Å². The normalized spacial score (nSPS) is 10.5. The lowest BCUT2D eigenvalue weighted by Gasteiger charge is -1.93. The van der Waals surface area contributed by atoms with Gasteiger partial charge >= 0.3 is 0 Å². The minimum Gasteiger partial charge on any atom is -0.368 e. The van der Waals surface area contributed by atoms with Crippen molar-refractivity contribution in [2.45, 2.75) is 0 Å². The van der Waals surface area contributed by atoms with Gasteiger partial charge in [0.2, 0.25) is 5.95 Å². The van der Waals surface area contributed by atoms with Crippen molar-refractivity contribution in [2.75, 3.05) is 5.73 Å². The molecule has 0 saturated carbocycles. The highest BCUT2D eigenvalue weighted by atomic mass is 35.5. The third-order valence-electron chi connectivity index (χ3n) is 1.61. The van der Waals surface area contributed by atoms with Crippen LogP contribution >= 0.6 is 11.6 Å². The summed E-state index contributed by atoms with van der Waals surface area (Å²) in [5.74, 6) is 0.0804. The lowest BCUT2D eigenvalue weighted by atomic mass is 10.4. The van der Waals surface area contributed by atoms with E-state index in [2.05, 4.69) is 15.0 Å². The van der Waals surface area contributed by atoms with Crippen LogP contribution in [-0.4, -0.2) is 21.2 Å². The van der Waals surface area contributed by atoms with Crippen molar-refractivity contribution >= 4 is 34.9 Å². The quantitative estimate of drug-likeness (QED) is 0.527. The number of nitrogens with zero attached hydrogens (tertiary/aromatic N) is 2. The molecule has 0 unspecified atom stereocenters. The Morgan fingerprint density at radius 1 is 1.54 bits per heavy atom. The predicted molar refractivity (Wildman–Crippen MR) is 48.7 cm³/mol. The van der Waals surface area contributed by atoms with Crippen LogP contribution in [0.4, 0.5) is 5.95 Å². The first-order valence-corrected chi connectivity index (χ1v) is 3.85. The molecule has 0 saturated heterocycles. The lowest BCUT2D eigenvalue weighted by Crippen LogP contribution is -1.94. The average Bonchev–Trinajstić information content (AvgIpc) is 2.47. The maximum Gasteiger partial charge on any atom is 0.223 e. The fraction of sp³-hybridized carbons (Fsp3) is 0. The number of fused-ring (bicyclic) bond motifs is 1. The molecule has 0 fully saturated rings.